The smallest absolute Gasteiger partial charge is 0.121 e. The van der Waals surface area contributed by atoms with Gasteiger partial charge in [0, 0.05) is 31.1 Å². The van der Waals surface area contributed by atoms with Crippen LogP contribution in [0.1, 0.15) is 42.4 Å². The minimum absolute atomic E-state index is 0. The number of hydrogen-bond acceptors (Lipinski definition) is 2. The van der Waals surface area contributed by atoms with Crippen LogP contribution in [0.2, 0.25) is 0 Å². The minimum Gasteiger partial charge on any atom is -1.00 e. The number of ether oxygens (including phenoxy) is 1. The SMILES string of the molecule is OC(c1ccccc1)(c1ccccc1)C12CC[N+](CCCOCc3ccccc3)(CC1)CC2.[Br-]. The van der Waals surface area contributed by atoms with Gasteiger partial charge in [0.15, 0.2) is 0 Å². The van der Waals surface area contributed by atoms with Crippen LogP contribution in [0.5, 0.6) is 0 Å². The molecule has 0 aliphatic carbocycles. The van der Waals surface area contributed by atoms with Crippen LogP contribution >= 0.6 is 0 Å². The molecule has 3 fully saturated rings. The first-order valence-electron chi connectivity index (χ1n) is 12.5. The highest BCUT2D eigenvalue weighted by Gasteiger charge is 2.60. The number of rotatable bonds is 9. The van der Waals surface area contributed by atoms with Gasteiger partial charge in [-0.15, -0.1) is 0 Å². The van der Waals surface area contributed by atoms with Gasteiger partial charge in [-0.3, -0.25) is 0 Å². The predicted molar refractivity (Wildman–Crippen MR) is 133 cm³/mol. The van der Waals surface area contributed by atoms with Crippen molar-refractivity contribution in [3.63, 3.8) is 0 Å². The van der Waals surface area contributed by atoms with Crippen molar-refractivity contribution in [3.05, 3.63) is 108 Å². The van der Waals surface area contributed by atoms with E-state index in [-0.39, 0.29) is 22.4 Å². The summed E-state index contributed by atoms with van der Waals surface area (Å²) < 4.78 is 7.14. The Morgan fingerprint density at radius 3 is 1.71 bits per heavy atom. The highest BCUT2D eigenvalue weighted by molar-refractivity contribution is 5.39. The lowest BCUT2D eigenvalue weighted by molar-refractivity contribution is -0.946. The van der Waals surface area contributed by atoms with Gasteiger partial charge in [-0.05, 0) is 16.7 Å². The average molecular weight is 523 g/mol. The summed E-state index contributed by atoms with van der Waals surface area (Å²) in [4.78, 5) is 0. The Kier molecular flexibility index (Phi) is 7.94. The molecule has 3 saturated heterocycles. The van der Waals surface area contributed by atoms with Gasteiger partial charge in [-0.2, -0.15) is 0 Å². The zero-order valence-corrected chi connectivity index (χ0v) is 21.5. The molecule has 0 unspecified atom stereocenters. The largest absolute Gasteiger partial charge is 1.00 e. The van der Waals surface area contributed by atoms with Gasteiger partial charge >= 0.3 is 0 Å². The maximum absolute atomic E-state index is 12.5. The van der Waals surface area contributed by atoms with Gasteiger partial charge in [0.05, 0.1) is 39.4 Å². The molecule has 0 spiro atoms. The molecule has 3 heterocycles. The van der Waals surface area contributed by atoms with Gasteiger partial charge in [0.25, 0.3) is 0 Å². The predicted octanol–water partition coefficient (Wildman–Crippen LogP) is 2.53. The molecule has 6 rings (SSSR count). The monoisotopic (exact) mass is 521 g/mol. The van der Waals surface area contributed by atoms with E-state index in [1.165, 1.54) is 16.6 Å². The van der Waals surface area contributed by atoms with Gasteiger partial charge in [0.2, 0.25) is 0 Å². The van der Waals surface area contributed by atoms with Gasteiger partial charge in [-0.25, -0.2) is 0 Å². The van der Waals surface area contributed by atoms with E-state index in [1.54, 1.807) is 0 Å². The molecule has 3 aromatic rings. The highest BCUT2D eigenvalue weighted by atomic mass is 79.9. The Labute approximate surface area is 214 Å². The van der Waals surface area contributed by atoms with Gasteiger partial charge in [-0.1, -0.05) is 91.0 Å². The number of nitrogens with zero attached hydrogens (tertiary/aromatic N) is 1. The highest BCUT2D eigenvalue weighted by Crippen LogP contribution is 2.57. The molecule has 4 heteroatoms. The molecule has 0 amide bonds. The molecule has 0 aromatic heterocycles. The molecular weight excluding hydrogens is 486 g/mol. The molecule has 2 bridgehead atoms. The third-order valence-corrected chi connectivity index (χ3v) is 8.38. The number of aliphatic hydroxyl groups is 1. The van der Waals surface area contributed by atoms with Crippen LogP contribution in [0, 0.1) is 5.41 Å². The molecule has 0 saturated carbocycles. The van der Waals surface area contributed by atoms with Crippen molar-refractivity contribution in [2.75, 3.05) is 32.8 Å². The van der Waals surface area contributed by atoms with Crippen LogP contribution in [0.3, 0.4) is 0 Å². The Morgan fingerprint density at radius 1 is 0.735 bits per heavy atom. The van der Waals surface area contributed by atoms with Crippen molar-refractivity contribution in [1.29, 1.82) is 0 Å². The van der Waals surface area contributed by atoms with E-state index in [2.05, 4.69) is 72.8 Å². The Morgan fingerprint density at radius 2 is 1.21 bits per heavy atom. The average Bonchev–Trinajstić information content (AvgIpc) is 2.90. The van der Waals surface area contributed by atoms with Crippen LogP contribution < -0.4 is 17.0 Å². The second kappa shape index (κ2) is 10.7. The number of piperidine rings is 3. The molecule has 34 heavy (non-hydrogen) atoms. The van der Waals surface area contributed by atoms with E-state index in [4.69, 9.17) is 4.74 Å². The lowest BCUT2D eigenvalue weighted by Crippen LogP contribution is -3.00. The van der Waals surface area contributed by atoms with Gasteiger partial charge in [0.1, 0.15) is 5.60 Å². The molecule has 0 radical (unpaired) electrons. The maximum Gasteiger partial charge on any atom is 0.121 e. The molecule has 0 atom stereocenters. The fourth-order valence-corrected chi connectivity index (χ4v) is 6.35. The fraction of sp³-hybridized carbons (Fsp3) is 0.400. The molecule has 3 aliphatic heterocycles. The van der Waals surface area contributed by atoms with Crippen LogP contribution in [0.15, 0.2) is 91.0 Å². The first-order chi connectivity index (χ1) is 16.2. The normalized spacial score (nSPS) is 23.9. The number of hydrogen-bond donors (Lipinski definition) is 1. The number of halogens is 1. The second-order valence-electron chi connectivity index (χ2n) is 10.1. The summed E-state index contributed by atoms with van der Waals surface area (Å²) >= 11 is 0. The van der Waals surface area contributed by atoms with E-state index in [1.807, 2.05) is 18.2 Å². The summed E-state index contributed by atoms with van der Waals surface area (Å²) in [5.74, 6) is 0. The van der Waals surface area contributed by atoms with Crippen molar-refractivity contribution in [3.8, 4) is 0 Å². The van der Waals surface area contributed by atoms with Crippen LogP contribution in [-0.4, -0.2) is 42.4 Å². The maximum atomic E-state index is 12.5. The van der Waals surface area contributed by atoms with Crippen LogP contribution in [-0.2, 0) is 16.9 Å². The first kappa shape index (κ1) is 25.1. The summed E-state index contributed by atoms with van der Waals surface area (Å²) in [6.07, 6.45) is 4.30. The third-order valence-electron chi connectivity index (χ3n) is 8.38. The lowest BCUT2D eigenvalue weighted by atomic mass is 9.56. The Hall–Kier alpha value is -1.98. The Balaban J connectivity index is 0.00000274. The zero-order chi connectivity index (χ0) is 22.6. The number of fused-ring (bicyclic) bond motifs is 3. The fourth-order valence-electron chi connectivity index (χ4n) is 6.35. The summed E-state index contributed by atoms with van der Waals surface area (Å²) in [7, 11) is 0. The van der Waals surface area contributed by atoms with E-state index in [0.29, 0.717) is 6.61 Å². The summed E-state index contributed by atoms with van der Waals surface area (Å²) in [6, 6.07) is 31.2. The summed E-state index contributed by atoms with van der Waals surface area (Å²) in [5.41, 5.74) is 2.27. The second-order valence-corrected chi connectivity index (χ2v) is 10.1. The van der Waals surface area contributed by atoms with E-state index in [0.717, 1.165) is 63.1 Å². The number of quaternary nitrogens is 1. The third kappa shape index (κ3) is 4.74. The van der Waals surface area contributed by atoms with Crippen molar-refractivity contribution in [1.82, 2.24) is 0 Å². The van der Waals surface area contributed by atoms with Crippen LogP contribution in [0.25, 0.3) is 0 Å². The van der Waals surface area contributed by atoms with Crippen molar-refractivity contribution in [2.45, 2.75) is 37.9 Å². The summed E-state index contributed by atoms with van der Waals surface area (Å²) in [6.45, 7) is 6.16. The number of benzene rings is 3. The molecular formula is C30H36BrNO2. The molecule has 1 N–H and O–H groups in total. The molecule has 3 nitrogen and oxygen atoms in total. The van der Waals surface area contributed by atoms with Gasteiger partial charge < -0.3 is 31.3 Å². The lowest BCUT2D eigenvalue weighted by Gasteiger charge is -2.60. The van der Waals surface area contributed by atoms with E-state index < -0.39 is 5.60 Å². The van der Waals surface area contributed by atoms with Crippen molar-refractivity contribution < 1.29 is 31.3 Å². The van der Waals surface area contributed by atoms with E-state index >= 15 is 0 Å². The van der Waals surface area contributed by atoms with Crippen molar-refractivity contribution >= 4 is 0 Å². The van der Waals surface area contributed by atoms with Crippen molar-refractivity contribution in [2.24, 2.45) is 5.41 Å². The molecule has 3 aromatic carbocycles. The summed E-state index contributed by atoms with van der Waals surface area (Å²) in [5, 5.41) is 12.5. The first-order valence-corrected chi connectivity index (χ1v) is 12.5. The topological polar surface area (TPSA) is 29.5 Å². The van der Waals surface area contributed by atoms with E-state index in [9.17, 15) is 5.11 Å². The van der Waals surface area contributed by atoms with Crippen LogP contribution in [0.4, 0.5) is 0 Å². The standard InChI is InChI=1S/C30H36NO2.BrH/c32-30(27-13-6-2-7-14-27,28-15-8-3-9-16-28)29-17-21-31(22-18-29,23-19-29)20-10-24-33-25-26-11-4-1-5-12-26;/h1-9,11-16,32H,10,17-25H2;1H/q+1;/p-1. The zero-order valence-electron chi connectivity index (χ0n) is 19.9. The molecule has 180 valence electrons. The molecule has 3 aliphatic rings. The Bertz CT molecular complexity index is 961. The quantitative estimate of drug-likeness (QED) is 0.346. The minimum atomic E-state index is -0.940.